The van der Waals surface area contributed by atoms with Gasteiger partial charge in [0.25, 0.3) is 10.1 Å². The highest BCUT2D eigenvalue weighted by Crippen LogP contribution is 2.31. The lowest BCUT2D eigenvalue weighted by Gasteiger charge is -2.15. The van der Waals surface area contributed by atoms with Crippen molar-refractivity contribution in [3.63, 3.8) is 0 Å². The first-order valence-corrected chi connectivity index (χ1v) is 10.8. The van der Waals surface area contributed by atoms with Crippen LogP contribution in [0.1, 0.15) is 24.8 Å². The Morgan fingerprint density at radius 1 is 1.19 bits per heavy atom. The van der Waals surface area contributed by atoms with E-state index in [2.05, 4.69) is 9.97 Å². The number of rotatable bonds is 7. The number of imidazole rings is 1. The molecule has 0 aliphatic heterocycles. The summed E-state index contributed by atoms with van der Waals surface area (Å²) in [5.74, 6) is 0.874. The SMILES string of the molecule is CC(CCOS(C)(=O)=O)c1ccccc1-c1ncc(-c2cccc(Cl)c2)[nH]1. The van der Waals surface area contributed by atoms with Gasteiger partial charge in [0.05, 0.1) is 24.8 Å². The van der Waals surface area contributed by atoms with Crippen molar-refractivity contribution in [3.05, 3.63) is 65.3 Å². The lowest BCUT2D eigenvalue weighted by molar-refractivity contribution is 0.306. The Hall–Kier alpha value is -2.15. The summed E-state index contributed by atoms with van der Waals surface area (Å²) >= 11 is 6.08. The molecular formula is C20H21ClN2O3S. The number of hydrogen-bond acceptors (Lipinski definition) is 4. The predicted octanol–water partition coefficient (Wildman–Crippen LogP) is 4.87. The average molecular weight is 405 g/mol. The molecule has 5 nitrogen and oxygen atoms in total. The van der Waals surface area contributed by atoms with Gasteiger partial charge in [-0.05, 0) is 30.0 Å². The third-order valence-corrected chi connectivity index (χ3v) is 5.14. The molecule has 0 radical (unpaired) electrons. The average Bonchev–Trinajstić information content (AvgIpc) is 3.10. The fraction of sp³-hybridized carbons (Fsp3) is 0.250. The molecule has 0 saturated carbocycles. The molecule has 0 spiro atoms. The third-order valence-electron chi connectivity index (χ3n) is 4.31. The smallest absolute Gasteiger partial charge is 0.264 e. The van der Waals surface area contributed by atoms with E-state index in [0.717, 1.165) is 34.5 Å². The van der Waals surface area contributed by atoms with Gasteiger partial charge in [-0.15, -0.1) is 0 Å². The molecule has 7 heteroatoms. The number of halogens is 1. The van der Waals surface area contributed by atoms with Crippen LogP contribution in [0.25, 0.3) is 22.6 Å². The van der Waals surface area contributed by atoms with Gasteiger partial charge in [-0.2, -0.15) is 8.42 Å². The van der Waals surface area contributed by atoms with Gasteiger partial charge in [0.15, 0.2) is 0 Å². The number of benzene rings is 2. The summed E-state index contributed by atoms with van der Waals surface area (Å²) in [6, 6.07) is 15.5. The van der Waals surface area contributed by atoms with E-state index >= 15 is 0 Å². The van der Waals surface area contributed by atoms with Gasteiger partial charge < -0.3 is 4.98 Å². The Morgan fingerprint density at radius 3 is 2.70 bits per heavy atom. The molecule has 1 N–H and O–H groups in total. The summed E-state index contributed by atoms with van der Waals surface area (Å²) < 4.78 is 27.2. The fourth-order valence-electron chi connectivity index (χ4n) is 2.93. The highest BCUT2D eigenvalue weighted by Gasteiger charge is 2.15. The van der Waals surface area contributed by atoms with Crippen LogP contribution >= 0.6 is 11.6 Å². The maximum atomic E-state index is 11.2. The minimum atomic E-state index is -3.42. The van der Waals surface area contributed by atoms with Crippen LogP contribution in [0.2, 0.25) is 5.02 Å². The van der Waals surface area contributed by atoms with E-state index in [1.165, 1.54) is 0 Å². The lowest BCUT2D eigenvalue weighted by atomic mass is 9.93. The van der Waals surface area contributed by atoms with Crippen LogP contribution in [0.3, 0.4) is 0 Å². The Labute approximate surface area is 164 Å². The molecule has 0 aliphatic rings. The van der Waals surface area contributed by atoms with E-state index in [1.54, 1.807) is 6.20 Å². The maximum Gasteiger partial charge on any atom is 0.264 e. The zero-order valence-corrected chi connectivity index (χ0v) is 16.7. The number of H-pyrrole nitrogens is 1. The van der Waals surface area contributed by atoms with E-state index in [4.69, 9.17) is 15.8 Å². The quantitative estimate of drug-likeness (QED) is 0.570. The summed E-state index contributed by atoms with van der Waals surface area (Å²) in [4.78, 5) is 7.88. The summed E-state index contributed by atoms with van der Waals surface area (Å²) in [5, 5.41) is 0.670. The standard InChI is InChI=1S/C20H21ClN2O3S/c1-14(10-11-26-27(2,24)25)17-8-3-4-9-18(17)20-22-13-19(23-20)15-6-5-7-16(21)12-15/h3-9,12-14H,10-11H2,1-2H3,(H,22,23). The van der Waals surface area contributed by atoms with Gasteiger partial charge in [0, 0.05) is 16.1 Å². The molecule has 27 heavy (non-hydrogen) atoms. The first-order chi connectivity index (χ1) is 12.8. The Bertz CT molecular complexity index is 1030. The second-order valence-electron chi connectivity index (χ2n) is 6.46. The summed E-state index contributed by atoms with van der Waals surface area (Å²) in [6.07, 6.45) is 3.44. The predicted molar refractivity (Wildman–Crippen MR) is 108 cm³/mol. The number of aromatic nitrogens is 2. The lowest BCUT2D eigenvalue weighted by Crippen LogP contribution is -2.07. The van der Waals surface area contributed by atoms with E-state index in [0.29, 0.717) is 11.4 Å². The summed E-state index contributed by atoms with van der Waals surface area (Å²) in [5.41, 5.74) is 3.92. The maximum absolute atomic E-state index is 11.2. The number of aromatic amines is 1. The molecule has 2 aromatic carbocycles. The molecule has 1 atom stereocenters. The highest BCUT2D eigenvalue weighted by molar-refractivity contribution is 7.85. The molecule has 1 heterocycles. The summed E-state index contributed by atoms with van der Waals surface area (Å²) in [7, 11) is -3.42. The van der Waals surface area contributed by atoms with Crippen molar-refractivity contribution in [1.29, 1.82) is 0 Å². The second kappa shape index (κ2) is 8.25. The van der Waals surface area contributed by atoms with Crippen molar-refractivity contribution in [1.82, 2.24) is 9.97 Å². The number of nitrogens with one attached hydrogen (secondary N) is 1. The van der Waals surface area contributed by atoms with E-state index in [9.17, 15) is 8.42 Å². The second-order valence-corrected chi connectivity index (χ2v) is 8.54. The molecule has 0 bridgehead atoms. The Morgan fingerprint density at radius 2 is 1.96 bits per heavy atom. The minimum absolute atomic E-state index is 0.114. The van der Waals surface area contributed by atoms with E-state index < -0.39 is 10.1 Å². The minimum Gasteiger partial charge on any atom is -0.338 e. The van der Waals surface area contributed by atoms with Gasteiger partial charge in [0.2, 0.25) is 0 Å². The Balaban J connectivity index is 1.84. The first kappa shape index (κ1) is 19.6. The van der Waals surface area contributed by atoms with E-state index in [1.807, 2.05) is 55.5 Å². The molecule has 1 unspecified atom stereocenters. The van der Waals surface area contributed by atoms with Gasteiger partial charge in [-0.25, -0.2) is 4.98 Å². The molecule has 0 fully saturated rings. The number of nitrogens with zero attached hydrogens (tertiary/aromatic N) is 1. The van der Waals surface area contributed by atoms with E-state index in [-0.39, 0.29) is 12.5 Å². The van der Waals surface area contributed by atoms with Crippen molar-refractivity contribution in [2.45, 2.75) is 19.3 Å². The monoisotopic (exact) mass is 404 g/mol. The topological polar surface area (TPSA) is 72.1 Å². The van der Waals surface area contributed by atoms with Crippen molar-refractivity contribution in [2.75, 3.05) is 12.9 Å². The van der Waals surface area contributed by atoms with Gasteiger partial charge in [-0.3, -0.25) is 4.18 Å². The largest absolute Gasteiger partial charge is 0.338 e. The fourth-order valence-corrected chi connectivity index (χ4v) is 3.52. The van der Waals surface area contributed by atoms with Crippen molar-refractivity contribution >= 4 is 21.7 Å². The van der Waals surface area contributed by atoms with Gasteiger partial charge >= 0.3 is 0 Å². The van der Waals surface area contributed by atoms with Crippen LogP contribution in [0.15, 0.2) is 54.7 Å². The van der Waals surface area contributed by atoms with Gasteiger partial charge in [0.1, 0.15) is 5.82 Å². The molecular weight excluding hydrogens is 384 g/mol. The molecule has 0 saturated heterocycles. The zero-order valence-electron chi connectivity index (χ0n) is 15.1. The van der Waals surface area contributed by atoms with Crippen LogP contribution in [0.5, 0.6) is 0 Å². The molecule has 0 aliphatic carbocycles. The van der Waals surface area contributed by atoms with Crippen molar-refractivity contribution in [2.24, 2.45) is 0 Å². The highest BCUT2D eigenvalue weighted by atomic mass is 35.5. The molecule has 0 amide bonds. The van der Waals surface area contributed by atoms with Crippen LogP contribution in [0.4, 0.5) is 0 Å². The first-order valence-electron chi connectivity index (χ1n) is 8.58. The van der Waals surface area contributed by atoms with Gasteiger partial charge in [-0.1, -0.05) is 54.9 Å². The van der Waals surface area contributed by atoms with Crippen LogP contribution < -0.4 is 0 Å². The molecule has 1 aromatic heterocycles. The number of hydrogen-bond donors (Lipinski definition) is 1. The molecule has 3 aromatic rings. The van der Waals surface area contributed by atoms with Crippen LogP contribution in [-0.4, -0.2) is 31.2 Å². The van der Waals surface area contributed by atoms with Crippen molar-refractivity contribution in [3.8, 4) is 22.6 Å². The molecule has 3 rings (SSSR count). The van der Waals surface area contributed by atoms with Crippen molar-refractivity contribution < 1.29 is 12.6 Å². The van der Waals surface area contributed by atoms with Crippen LogP contribution in [-0.2, 0) is 14.3 Å². The van der Waals surface area contributed by atoms with Crippen LogP contribution in [0, 0.1) is 0 Å². The Kier molecular flexibility index (Phi) is 5.99. The molecule has 142 valence electrons. The zero-order chi connectivity index (χ0) is 19.4. The normalized spacial score (nSPS) is 12.9. The summed E-state index contributed by atoms with van der Waals surface area (Å²) in [6.45, 7) is 2.20. The third kappa shape index (κ3) is 5.19.